The minimum Gasteiger partial charge on any atom is -0.496 e. The summed E-state index contributed by atoms with van der Waals surface area (Å²) in [6.07, 6.45) is 7.13. The van der Waals surface area contributed by atoms with E-state index in [0.29, 0.717) is 28.4 Å². The third-order valence-electron chi connectivity index (χ3n) is 4.29. The van der Waals surface area contributed by atoms with Gasteiger partial charge in [-0.15, -0.1) is 0 Å². The monoisotopic (exact) mass is 380 g/mol. The highest BCUT2D eigenvalue weighted by Gasteiger charge is 2.31. The normalized spacial score (nSPS) is 14.4. The highest BCUT2D eigenvalue weighted by molar-refractivity contribution is 6.11. The lowest BCUT2D eigenvalue weighted by molar-refractivity contribution is 0.0501. The second kappa shape index (κ2) is 8.31. The number of benzene rings is 2. The molecule has 0 amide bonds. The quantitative estimate of drug-likeness (QED) is 0.394. The lowest BCUT2D eigenvalue weighted by Gasteiger charge is -2.30. The molecule has 1 heterocycles. The van der Waals surface area contributed by atoms with E-state index in [0.717, 1.165) is 5.56 Å². The lowest BCUT2D eigenvalue weighted by atomic mass is 9.96. The average Bonchev–Trinajstić information content (AvgIpc) is 2.69. The van der Waals surface area contributed by atoms with E-state index >= 15 is 0 Å². The summed E-state index contributed by atoms with van der Waals surface area (Å²) in [7, 11) is 3.06. The topological polar surface area (TPSA) is 54.0 Å². The maximum Gasteiger partial charge on any atom is 0.193 e. The maximum atomic E-state index is 13.1. The van der Waals surface area contributed by atoms with E-state index in [1.165, 1.54) is 13.2 Å². The molecule has 0 spiro atoms. The Bertz CT molecular complexity index is 910. The Kier molecular flexibility index (Phi) is 5.85. The van der Waals surface area contributed by atoms with Crippen LogP contribution in [0.25, 0.3) is 12.2 Å². The molecule has 0 atom stereocenters. The van der Waals surface area contributed by atoms with Crippen molar-refractivity contribution in [2.45, 2.75) is 19.4 Å². The summed E-state index contributed by atoms with van der Waals surface area (Å²) in [5.74, 6) is 1.16. The van der Waals surface area contributed by atoms with E-state index in [2.05, 4.69) is 0 Å². The van der Waals surface area contributed by atoms with Crippen LogP contribution in [0.1, 0.15) is 35.3 Å². The zero-order valence-corrected chi connectivity index (χ0v) is 16.5. The highest BCUT2D eigenvalue weighted by atomic mass is 16.7. The molecule has 1 aliphatic rings. The molecule has 146 valence electrons. The summed E-state index contributed by atoms with van der Waals surface area (Å²) < 4.78 is 22.3. The minimum atomic E-state index is -0.559. The van der Waals surface area contributed by atoms with Crippen LogP contribution in [-0.4, -0.2) is 32.4 Å². The zero-order valence-electron chi connectivity index (χ0n) is 16.5. The average molecular weight is 380 g/mol. The number of ether oxygens (including phenoxy) is 4. The van der Waals surface area contributed by atoms with Gasteiger partial charge in [-0.3, -0.25) is 4.79 Å². The van der Waals surface area contributed by atoms with Crippen molar-refractivity contribution in [3.05, 3.63) is 65.2 Å². The van der Waals surface area contributed by atoms with Crippen molar-refractivity contribution in [2.75, 3.05) is 21.0 Å². The van der Waals surface area contributed by atoms with Crippen LogP contribution in [0, 0.1) is 0 Å². The molecular formula is C23H24O5. The number of allylic oxidation sites excluding steroid dienone is 1. The molecular weight excluding hydrogens is 356 g/mol. The molecule has 28 heavy (non-hydrogen) atoms. The Morgan fingerprint density at radius 2 is 1.89 bits per heavy atom. The van der Waals surface area contributed by atoms with E-state index in [1.807, 2.05) is 56.3 Å². The van der Waals surface area contributed by atoms with Gasteiger partial charge in [0.05, 0.1) is 12.7 Å². The van der Waals surface area contributed by atoms with Crippen LogP contribution in [0.4, 0.5) is 0 Å². The molecule has 0 saturated carbocycles. The van der Waals surface area contributed by atoms with E-state index in [4.69, 9.17) is 18.9 Å². The number of hydrogen-bond acceptors (Lipinski definition) is 5. The Hall–Kier alpha value is -3.05. The van der Waals surface area contributed by atoms with Gasteiger partial charge in [0.25, 0.3) is 0 Å². The first-order valence-corrected chi connectivity index (χ1v) is 8.97. The molecule has 0 aliphatic carbocycles. The van der Waals surface area contributed by atoms with Crippen LogP contribution in [0.3, 0.4) is 0 Å². The van der Waals surface area contributed by atoms with Crippen LogP contribution in [-0.2, 0) is 4.74 Å². The van der Waals surface area contributed by atoms with Gasteiger partial charge in [0.2, 0.25) is 0 Å². The van der Waals surface area contributed by atoms with Gasteiger partial charge in [-0.2, -0.15) is 0 Å². The van der Waals surface area contributed by atoms with E-state index < -0.39 is 5.60 Å². The molecule has 5 heteroatoms. The number of rotatable bonds is 7. The molecule has 0 unspecified atom stereocenters. The van der Waals surface area contributed by atoms with Gasteiger partial charge < -0.3 is 18.9 Å². The van der Waals surface area contributed by atoms with E-state index in [-0.39, 0.29) is 12.6 Å². The summed E-state index contributed by atoms with van der Waals surface area (Å²) in [5, 5.41) is 0. The summed E-state index contributed by atoms with van der Waals surface area (Å²) in [6.45, 7) is 3.93. The van der Waals surface area contributed by atoms with Gasteiger partial charge in [-0.05, 0) is 37.6 Å². The fourth-order valence-corrected chi connectivity index (χ4v) is 2.93. The maximum absolute atomic E-state index is 13.1. The van der Waals surface area contributed by atoms with Crippen LogP contribution >= 0.6 is 0 Å². The molecule has 0 saturated heterocycles. The third kappa shape index (κ3) is 4.26. The third-order valence-corrected chi connectivity index (χ3v) is 4.29. The Morgan fingerprint density at radius 3 is 2.57 bits per heavy atom. The second-order valence-corrected chi connectivity index (χ2v) is 6.89. The van der Waals surface area contributed by atoms with Crippen LogP contribution in [0.2, 0.25) is 0 Å². The van der Waals surface area contributed by atoms with Crippen LogP contribution < -0.4 is 14.2 Å². The van der Waals surface area contributed by atoms with Gasteiger partial charge in [0, 0.05) is 13.2 Å². The molecule has 2 aromatic rings. The van der Waals surface area contributed by atoms with Crippen LogP contribution in [0.15, 0.2) is 48.6 Å². The predicted molar refractivity (Wildman–Crippen MR) is 109 cm³/mol. The highest BCUT2D eigenvalue weighted by Crippen LogP contribution is 2.44. The van der Waals surface area contributed by atoms with Gasteiger partial charge >= 0.3 is 0 Å². The number of ketones is 1. The van der Waals surface area contributed by atoms with Crippen LogP contribution in [0.5, 0.6) is 17.2 Å². The largest absolute Gasteiger partial charge is 0.496 e. The van der Waals surface area contributed by atoms with Crippen molar-refractivity contribution >= 4 is 17.9 Å². The van der Waals surface area contributed by atoms with Crippen molar-refractivity contribution in [1.82, 2.24) is 0 Å². The Labute approximate surface area is 165 Å². The van der Waals surface area contributed by atoms with Crippen molar-refractivity contribution in [3.8, 4) is 17.2 Å². The second-order valence-electron chi connectivity index (χ2n) is 6.89. The molecule has 0 bridgehead atoms. The lowest BCUT2D eigenvalue weighted by Crippen LogP contribution is -2.29. The fourth-order valence-electron chi connectivity index (χ4n) is 2.93. The summed E-state index contributed by atoms with van der Waals surface area (Å²) in [6, 6.07) is 11.3. The van der Waals surface area contributed by atoms with Crippen molar-refractivity contribution in [1.29, 1.82) is 0 Å². The smallest absolute Gasteiger partial charge is 0.193 e. The zero-order chi connectivity index (χ0) is 20.1. The molecule has 5 nitrogen and oxygen atoms in total. The number of hydrogen-bond donors (Lipinski definition) is 0. The van der Waals surface area contributed by atoms with E-state index in [1.54, 1.807) is 19.3 Å². The first-order chi connectivity index (χ1) is 13.4. The van der Waals surface area contributed by atoms with Crippen molar-refractivity contribution in [3.63, 3.8) is 0 Å². The van der Waals surface area contributed by atoms with Gasteiger partial charge in [0.1, 0.15) is 28.4 Å². The Balaban J connectivity index is 2.08. The molecule has 0 N–H and O–H groups in total. The van der Waals surface area contributed by atoms with Gasteiger partial charge in [-0.25, -0.2) is 0 Å². The van der Waals surface area contributed by atoms with E-state index in [9.17, 15) is 4.79 Å². The minimum absolute atomic E-state index is 0.0774. The molecule has 0 fully saturated rings. The molecule has 0 aromatic heterocycles. The fraction of sp³-hybridized carbons (Fsp3) is 0.261. The molecule has 3 rings (SSSR count). The number of carbonyl (C=O) groups excluding carboxylic acids is 1. The number of fused-ring (bicyclic) bond motifs is 1. The molecule has 2 aromatic carbocycles. The summed E-state index contributed by atoms with van der Waals surface area (Å²) in [4.78, 5) is 13.1. The first kappa shape index (κ1) is 19.7. The SMILES string of the molecule is COCOc1cc(OC)c(C(=O)/C=C/c2ccccc2)c2c1C=CC(C)(C)O2. The predicted octanol–water partition coefficient (Wildman–Crippen LogP) is 4.76. The molecule has 1 aliphatic heterocycles. The number of methoxy groups -OCH3 is 2. The Morgan fingerprint density at radius 1 is 1.14 bits per heavy atom. The van der Waals surface area contributed by atoms with Crippen molar-refractivity contribution < 1.29 is 23.7 Å². The van der Waals surface area contributed by atoms with Gasteiger partial charge in [-0.1, -0.05) is 36.4 Å². The number of carbonyl (C=O) groups is 1. The van der Waals surface area contributed by atoms with Crippen molar-refractivity contribution in [2.24, 2.45) is 0 Å². The standard InChI is InChI=1S/C23H24O5/c1-23(2)13-12-17-19(27-15-25-3)14-20(26-4)21(22(17)28-23)18(24)11-10-16-8-6-5-7-9-16/h5-14H,15H2,1-4H3/b11-10+. The first-order valence-electron chi connectivity index (χ1n) is 8.97. The van der Waals surface area contributed by atoms with Gasteiger partial charge in [0.15, 0.2) is 12.6 Å². The summed E-state index contributed by atoms with van der Waals surface area (Å²) in [5.41, 5.74) is 1.43. The summed E-state index contributed by atoms with van der Waals surface area (Å²) >= 11 is 0. The molecule has 0 radical (unpaired) electrons.